The molecule has 6 nitrogen and oxygen atoms in total. The van der Waals surface area contributed by atoms with E-state index in [1.807, 2.05) is 12.1 Å². The smallest absolute Gasteiger partial charge is 0.254 e. The lowest BCUT2D eigenvalue weighted by Gasteiger charge is -2.16. The van der Waals surface area contributed by atoms with Gasteiger partial charge in [-0.25, -0.2) is 9.97 Å². The number of hydrogen-bond donors (Lipinski definition) is 1. The van der Waals surface area contributed by atoms with Crippen LogP contribution in [0.2, 0.25) is 0 Å². The van der Waals surface area contributed by atoms with Gasteiger partial charge in [0.25, 0.3) is 5.91 Å². The lowest BCUT2D eigenvalue weighted by Crippen LogP contribution is -2.33. The average Bonchev–Trinajstić information content (AvgIpc) is 3.24. The summed E-state index contributed by atoms with van der Waals surface area (Å²) in [7, 11) is 0. The van der Waals surface area contributed by atoms with Crippen LogP contribution in [0, 0.1) is 0 Å². The van der Waals surface area contributed by atoms with Crippen molar-refractivity contribution in [1.82, 2.24) is 25.2 Å². The molecule has 0 spiro atoms. The highest BCUT2D eigenvalue weighted by molar-refractivity contribution is 5.93. The van der Waals surface area contributed by atoms with E-state index in [1.54, 1.807) is 24.8 Å². The standard InChI is InChI=1S/C22H23N5O/c28-22(20-14-25-21(26-15-20)18-7-4-9-23-13-18)24-10-12-27-11-8-19(16-27)17-5-2-1-3-6-17/h1-7,9,13-15,19H,8,10-12,16H2,(H,24,28)/t19-/m0/s1. The van der Waals surface area contributed by atoms with Crippen molar-refractivity contribution in [2.24, 2.45) is 0 Å². The Morgan fingerprint density at radius 1 is 1.07 bits per heavy atom. The zero-order valence-corrected chi connectivity index (χ0v) is 15.7. The molecule has 4 rings (SSSR count). The summed E-state index contributed by atoms with van der Waals surface area (Å²) in [4.78, 5) is 27.3. The number of nitrogens with one attached hydrogen (secondary N) is 1. The molecular weight excluding hydrogens is 350 g/mol. The minimum atomic E-state index is -0.142. The van der Waals surface area contributed by atoms with Crippen molar-refractivity contribution in [3.63, 3.8) is 0 Å². The molecule has 1 amide bonds. The van der Waals surface area contributed by atoms with Crippen molar-refractivity contribution >= 4 is 5.91 Å². The van der Waals surface area contributed by atoms with Crippen molar-refractivity contribution in [2.45, 2.75) is 12.3 Å². The van der Waals surface area contributed by atoms with Crippen LogP contribution in [0.5, 0.6) is 0 Å². The van der Waals surface area contributed by atoms with Crippen molar-refractivity contribution in [2.75, 3.05) is 26.2 Å². The topological polar surface area (TPSA) is 71.0 Å². The van der Waals surface area contributed by atoms with E-state index in [-0.39, 0.29) is 5.91 Å². The van der Waals surface area contributed by atoms with Gasteiger partial charge in [-0.2, -0.15) is 0 Å². The fourth-order valence-electron chi connectivity index (χ4n) is 3.55. The molecule has 6 heteroatoms. The molecule has 1 aliphatic heterocycles. The summed E-state index contributed by atoms with van der Waals surface area (Å²) < 4.78 is 0. The van der Waals surface area contributed by atoms with Crippen LogP contribution in [0.25, 0.3) is 11.4 Å². The Kier molecular flexibility index (Phi) is 5.68. The quantitative estimate of drug-likeness (QED) is 0.719. The minimum Gasteiger partial charge on any atom is -0.351 e. The molecule has 0 saturated carbocycles. The van der Waals surface area contributed by atoms with Gasteiger partial charge in [-0.3, -0.25) is 9.78 Å². The van der Waals surface area contributed by atoms with Gasteiger partial charge >= 0.3 is 0 Å². The number of carbonyl (C=O) groups excluding carboxylic acids is 1. The highest BCUT2D eigenvalue weighted by atomic mass is 16.1. The zero-order chi connectivity index (χ0) is 19.2. The first kappa shape index (κ1) is 18.3. The minimum absolute atomic E-state index is 0.142. The Bertz CT molecular complexity index is 899. The van der Waals surface area contributed by atoms with E-state index in [2.05, 4.69) is 55.5 Å². The second-order valence-corrected chi connectivity index (χ2v) is 6.99. The lowest BCUT2D eigenvalue weighted by atomic mass is 9.99. The number of aromatic nitrogens is 3. The van der Waals surface area contributed by atoms with Gasteiger partial charge < -0.3 is 10.2 Å². The Morgan fingerprint density at radius 2 is 1.89 bits per heavy atom. The first-order valence-electron chi connectivity index (χ1n) is 9.57. The highest BCUT2D eigenvalue weighted by Gasteiger charge is 2.23. The predicted molar refractivity (Wildman–Crippen MR) is 108 cm³/mol. The number of rotatable bonds is 6. The number of likely N-dealkylation sites (tertiary alicyclic amines) is 1. The Balaban J connectivity index is 1.25. The number of hydrogen-bond acceptors (Lipinski definition) is 5. The van der Waals surface area contributed by atoms with Crippen LogP contribution < -0.4 is 5.32 Å². The first-order valence-corrected chi connectivity index (χ1v) is 9.57. The van der Waals surface area contributed by atoms with E-state index in [4.69, 9.17) is 0 Å². The van der Waals surface area contributed by atoms with Crippen LogP contribution in [0.4, 0.5) is 0 Å². The van der Waals surface area contributed by atoms with E-state index < -0.39 is 0 Å². The van der Waals surface area contributed by atoms with Gasteiger partial charge in [-0.1, -0.05) is 30.3 Å². The molecule has 142 valence electrons. The predicted octanol–water partition coefficient (Wildman–Crippen LogP) is 2.76. The molecule has 3 aromatic rings. The van der Waals surface area contributed by atoms with Crippen LogP contribution in [0.1, 0.15) is 28.3 Å². The zero-order valence-electron chi connectivity index (χ0n) is 15.7. The molecule has 0 unspecified atom stereocenters. The van der Waals surface area contributed by atoms with Gasteiger partial charge in [0.2, 0.25) is 0 Å². The van der Waals surface area contributed by atoms with Gasteiger partial charge in [-0.05, 0) is 36.6 Å². The maximum absolute atomic E-state index is 12.3. The summed E-state index contributed by atoms with van der Waals surface area (Å²) in [6.07, 6.45) is 7.70. The molecule has 1 atom stereocenters. The molecule has 0 aliphatic carbocycles. The summed E-state index contributed by atoms with van der Waals surface area (Å²) in [6, 6.07) is 14.4. The van der Waals surface area contributed by atoms with Crippen molar-refractivity contribution in [1.29, 1.82) is 0 Å². The van der Waals surface area contributed by atoms with Gasteiger partial charge in [0.05, 0.1) is 5.56 Å². The Hall–Kier alpha value is -3.12. The SMILES string of the molecule is O=C(NCCN1CC[C@H](c2ccccc2)C1)c1cnc(-c2cccnc2)nc1. The second-order valence-electron chi connectivity index (χ2n) is 6.99. The van der Waals surface area contributed by atoms with Gasteiger partial charge in [0.15, 0.2) is 5.82 Å². The molecule has 1 aliphatic rings. The lowest BCUT2D eigenvalue weighted by molar-refractivity contribution is 0.0949. The number of amides is 1. The van der Waals surface area contributed by atoms with Crippen LogP contribution in [0.3, 0.4) is 0 Å². The van der Waals surface area contributed by atoms with E-state index in [9.17, 15) is 4.79 Å². The molecule has 28 heavy (non-hydrogen) atoms. The largest absolute Gasteiger partial charge is 0.351 e. The van der Waals surface area contributed by atoms with Crippen molar-refractivity contribution in [3.05, 3.63) is 78.4 Å². The maximum Gasteiger partial charge on any atom is 0.254 e. The maximum atomic E-state index is 12.3. The third-order valence-corrected chi connectivity index (χ3v) is 5.09. The number of pyridine rings is 1. The van der Waals surface area contributed by atoms with Gasteiger partial charge in [-0.15, -0.1) is 0 Å². The first-order chi connectivity index (χ1) is 13.8. The number of benzene rings is 1. The summed E-state index contributed by atoms with van der Waals surface area (Å²) >= 11 is 0. The molecule has 1 fully saturated rings. The second kappa shape index (κ2) is 8.71. The monoisotopic (exact) mass is 373 g/mol. The van der Waals surface area contributed by atoms with Crippen LogP contribution in [-0.2, 0) is 0 Å². The highest BCUT2D eigenvalue weighted by Crippen LogP contribution is 2.26. The summed E-state index contributed by atoms with van der Waals surface area (Å²) in [6.45, 7) is 3.58. The third-order valence-electron chi connectivity index (χ3n) is 5.09. The molecule has 1 aromatic carbocycles. The molecule has 1 N–H and O–H groups in total. The van der Waals surface area contributed by atoms with Crippen molar-refractivity contribution in [3.8, 4) is 11.4 Å². The molecule has 2 aromatic heterocycles. The number of nitrogens with zero attached hydrogens (tertiary/aromatic N) is 4. The molecule has 0 radical (unpaired) electrons. The molecule has 3 heterocycles. The molecule has 0 bridgehead atoms. The van der Waals surface area contributed by atoms with Crippen molar-refractivity contribution < 1.29 is 4.79 Å². The summed E-state index contributed by atoms with van der Waals surface area (Å²) in [5, 5.41) is 2.97. The van der Waals surface area contributed by atoms with Crippen LogP contribution in [-0.4, -0.2) is 51.9 Å². The number of carbonyl (C=O) groups is 1. The van der Waals surface area contributed by atoms with E-state index in [1.165, 1.54) is 12.0 Å². The Labute approximate surface area is 164 Å². The average molecular weight is 373 g/mol. The van der Waals surface area contributed by atoms with E-state index in [0.29, 0.717) is 23.9 Å². The molecular formula is C22H23N5O. The van der Waals surface area contributed by atoms with E-state index >= 15 is 0 Å². The third kappa shape index (κ3) is 4.40. The van der Waals surface area contributed by atoms with Crippen LogP contribution >= 0.6 is 0 Å². The summed E-state index contributed by atoms with van der Waals surface area (Å²) in [5.41, 5.74) is 2.70. The van der Waals surface area contributed by atoms with Crippen LogP contribution in [0.15, 0.2) is 67.3 Å². The Morgan fingerprint density at radius 3 is 2.64 bits per heavy atom. The normalized spacial score (nSPS) is 16.8. The van der Waals surface area contributed by atoms with E-state index in [0.717, 1.165) is 25.2 Å². The fraction of sp³-hybridized carbons (Fsp3) is 0.273. The van der Waals surface area contributed by atoms with Gasteiger partial charge in [0.1, 0.15) is 0 Å². The van der Waals surface area contributed by atoms with Gasteiger partial charge in [0, 0.05) is 50.0 Å². The molecule has 1 saturated heterocycles. The fourth-order valence-corrected chi connectivity index (χ4v) is 3.55. The summed E-state index contributed by atoms with van der Waals surface area (Å²) in [5.74, 6) is 1.01.